The molecule has 1 aromatic heterocycles. The van der Waals surface area contributed by atoms with Crippen molar-refractivity contribution in [2.24, 2.45) is 5.73 Å². The summed E-state index contributed by atoms with van der Waals surface area (Å²) in [5.74, 6) is 0.161. The number of hydrogen-bond donors (Lipinski definition) is 1. The van der Waals surface area contributed by atoms with E-state index in [9.17, 15) is 10.1 Å². The van der Waals surface area contributed by atoms with Gasteiger partial charge in [-0.2, -0.15) is 5.26 Å². The van der Waals surface area contributed by atoms with Crippen molar-refractivity contribution in [3.05, 3.63) is 73.6 Å². The van der Waals surface area contributed by atoms with Gasteiger partial charge in [0.05, 0.1) is 5.92 Å². The number of rotatable bonds is 1. The molecule has 0 saturated heterocycles. The summed E-state index contributed by atoms with van der Waals surface area (Å²) in [6.07, 6.45) is 0. The summed E-state index contributed by atoms with van der Waals surface area (Å²) >= 11 is 3.37. The molecule has 0 amide bonds. The molecule has 2 N–H and O–H groups in total. The van der Waals surface area contributed by atoms with Crippen LogP contribution in [0.5, 0.6) is 5.75 Å². The molecular formula is C16H11BrN2O3. The molecule has 2 aromatic rings. The van der Waals surface area contributed by atoms with Gasteiger partial charge in [0.2, 0.25) is 17.1 Å². The molecule has 1 atom stereocenters. The Kier molecular flexibility index (Phi) is 3.51. The zero-order valence-electron chi connectivity index (χ0n) is 11.6. The minimum absolute atomic E-state index is 0.0371. The molecule has 0 bridgehead atoms. The summed E-state index contributed by atoms with van der Waals surface area (Å²) in [5, 5.41) is 9.42. The Balaban J connectivity index is 2.29. The molecule has 1 aliphatic rings. The lowest BCUT2D eigenvalue weighted by atomic mass is 9.87. The van der Waals surface area contributed by atoms with Gasteiger partial charge in [0.15, 0.2) is 5.76 Å². The molecule has 1 aliphatic heterocycles. The highest BCUT2D eigenvalue weighted by molar-refractivity contribution is 9.10. The molecule has 110 valence electrons. The molecule has 1 unspecified atom stereocenters. The molecule has 6 heteroatoms. The highest BCUT2D eigenvalue weighted by Crippen LogP contribution is 2.40. The summed E-state index contributed by atoms with van der Waals surface area (Å²) in [6.45, 7) is 1.67. The third-order valence-electron chi connectivity index (χ3n) is 3.41. The summed E-state index contributed by atoms with van der Waals surface area (Å²) in [5.41, 5.74) is 6.51. The molecule has 0 aliphatic carbocycles. The lowest BCUT2D eigenvalue weighted by Crippen LogP contribution is -2.25. The third-order valence-corrected chi connectivity index (χ3v) is 3.93. The van der Waals surface area contributed by atoms with Crippen LogP contribution in [0.3, 0.4) is 0 Å². The quantitative estimate of drug-likeness (QED) is 0.846. The number of nitriles is 1. The van der Waals surface area contributed by atoms with Crippen LogP contribution in [0.4, 0.5) is 0 Å². The van der Waals surface area contributed by atoms with E-state index in [4.69, 9.17) is 14.9 Å². The predicted molar refractivity (Wildman–Crippen MR) is 83.2 cm³/mol. The third kappa shape index (κ3) is 2.30. The van der Waals surface area contributed by atoms with Crippen molar-refractivity contribution in [3.63, 3.8) is 0 Å². The highest BCUT2D eigenvalue weighted by Gasteiger charge is 2.34. The Morgan fingerprint density at radius 1 is 1.32 bits per heavy atom. The maximum atomic E-state index is 12.1. The SMILES string of the molecule is Cc1cc(=O)c2c(o1)C(c1ccc(Br)cc1)C(C#N)=C(N)O2. The van der Waals surface area contributed by atoms with Gasteiger partial charge in [-0.1, -0.05) is 28.1 Å². The zero-order chi connectivity index (χ0) is 15.9. The van der Waals surface area contributed by atoms with Crippen LogP contribution in [-0.2, 0) is 0 Å². The van der Waals surface area contributed by atoms with E-state index in [1.807, 2.05) is 24.3 Å². The van der Waals surface area contributed by atoms with E-state index in [1.54, 1.807) is 6.92 Å². The molecular weight excluding hydrogens is 348 g/mol. The van der Waals surface area contributed by atoms with E-state index in [0.717, 1.165) is 10.0 Å². The topological polar surface area (TPSA) is 89.2 Å². The second-order valence-electron chi connectivity index (χ2n) is 4.89. The van der Waals surface area contributed by atoms with Crippen molar-refractivity contribution >= 4 is 15.9 Å². The smallest absolute Gasteiger partial charge is 0.228 e. The van der Waals surface area contributed by atoms with Crippen LogP contribution in [-0.4, -0.2) is 0 Å². The maximum absolute atomic E-state index is 12.1. The van der Waals surface area contributed by atoms with Crippen LogP contribution in [0.15, 0.2) is 55.5 Å². The molecule has 5 nitrogen and oxygen atoms in total. The van der Waals surface area contributed by atoms with Gasteiger partial charge in [0.1, 0.15) is 17.4 Å². The first-order chi connectivity index (χ1) is 10.5. The summed E-state index contributed by atoms with van der Waals surface area (Å²) in [7, 11) is 0. The number of allylic oxidation sites excluding steroid dienone is 1. The van der Waals surface area contributed by atoms with Crippen molar-refractivity contribution in [1.29, 1.82) is 5.26 Å². The van der Waals surface area contributed by atoms with Gasteiger partial charge >= 0.3 is 0 Å². The first-order valence-electron chi connectivity index (χ1n) is 6.49. The monoisotopic (exact) mass is 358 g/mol. The molecule has 3 rings (SSSR count). The van der Waals surface area contributed by atoms with Crippen molar-refractivity contribution in [3.8, 4) is 11.8 Å². The van der Waals surface area contributed by atoms with Crippen LogP contribution in [0.25, 0.3) is 0 Å². The van der Waals surface area contributed by atoms with E-state index < -0.39 is 5.92 Å². The van der Waals surface area contributed by atoms with Gasteiger partial charge in [-0.25, -0.2) is 0 Å². The highest BCUT2D eigenvalue weighted by atomic mass is 79.9. The average Bonchev–Trinajstić information content (AvgIpc) is 2.48. The number of aryl methyl sites for hydroxylation is 1. The molecule has 22 heavy (non-hydrogen) atoms. The number of halogens is 1. The first kappa shape index (κ1) is 14.4. The minimum atomic E-state index is -0.561. The van der Waals surface area contributed by atoms with E-state index in [-0.39, 0.29) is 22.6 Å². The minimum Gasteiger partial charge on any atom is -0.461 e. The largest absolute Gasteiger partial charge is 0.461 e. The Labute approximate surface area is 134 Å². The number of nitrogens with zero attached hydrogens (tertiary/aromatic N) is 1. The zero-order valence-corrected chi connectivity index (χ0v) is 13.2. The second kappa shape index (κ2) is 5.35. The predicted octanol–water partition coefficient (Wildman–Crippen LogP) is 2.93. The van der Waals surface area contributed by atoms with Gasteiger partial charge in [-0.15, -0.1) is 0 Å². The fourth-order valence-electron chi connectivity index (χ4n) is 2.44. The fourth-order valence-corrected chi connectivity index (χ4v) is 2.71. The van der Waals surface area contributed by atoms with Gasteiger partial charge in [-0.3, -0.25) is 4.79 Å². The summed E-state index contributed by atoms with van der Waals surface area (Å²) in [4.78, 5) is 12.1. The van der Waals surface area contributed by atoms with Crippen LogP contribution >= 0.6 is 15.9 Å². The van der Waals surface area contributed by atoms with Crippen molar-refractivity contribution in [2.75, 3.05) is 0 Å². The van der Waals surface area contributed by atoms with E-state index in [1.165, 1.54) is 6.07 Å². The van der Waals surface area contributed by atoms with Gasteiger partial charge < -0.3 is 14.9 Å². The molecule has 0 radical (unpaired) electrons. The van der Waals surface area contributed by atoms with Crippen LogP contribution < -0.4 is 15.9 Å². The van der Waals surface area contributed by atoms with Gasteiger partial charge in [0, 0.05) is 10.5 Å². The number of hydrogen-bond acceptors (Lipinski definition) is 5. The average molecular weight is 359 g/mol. The van der Waals surface area contributed by atoms with E-state index in [2.05, 4.69) is 22.0 Å². The normalized spacial score (nSPS) is 16.7. The van der Waals surface area contributed by atoms with Gasteiger partial charge in [-0.05, 0) is 24.6 Å². The Bertz CT molecular complexity index is 876. The van der Waals surface area contributed by atoms with Crippen LogP contribution in [0, 0.1) is 18.3 Å². The first-order valence-corrected chi connectivity index (χ1v) is 7.28. The van der Waals surface area contributed by atoms with Crippen molar-refractivity contribution in [1.82, 2.24) is 0 Å². The lowest BCUT2D eigenvalue weighted by Gasteiger charge is -2.24. The molecule has 1 aromatic carbocycles. The fraction of sp³-hybridized carbons (Fsp3) is 0.125. The molecule has 2 heterocycles. The number of ether oxygens (including phenoxy) is 1. The van der Waals surface area contributed by atoms with E-state index in [0.29, 0.717) is 11.5 Å². The Hall–Kier alpha value is -2.52. The standard InChI is InChI=1S/C16H11BrN2O3/c1-8-6-12(20)14-15(21-8)13(11(7-18)16(19)22-14)9-2-4-10(17)5-3-9/h2-6,13H,19H2,1H3. The Morgan fingerprint density at radius 3 is 2.64 bits per heavy atom. The van der Waals surface area contributed by atoms with Crippen molar-refractivity contribution in [2.45, 2.75) is 12.8 Å². The molecule has 0 saturated carbocycles. The molecule has 0 spiro atoms. The van der Waals surface area contributed by atoms with Crippen molar-refractivity contribution < 1.29 is 9.15 Å². The summed E-state index contributed by atoms with van der Waals surface area (Å²) in [6, 6.07) is 10.8. The van der Waals surface area contributed by atoms with Crippen LogP contribution in [0.2, 0.25) is 0 Å². The van der Waals surface area contributed by atoms with E-state index >= 15 is 0 Å². The second-order valence-corrected chi connectivity index (χ2v) is 5.81. The maximum Gasteiger partial charge on any atom is 0.228 e. The number of fused-ring (bicyclic) bond motifs is 1. The molecule has 0 fully saturated rings. The number of nitrogens with two attached hydrogens (primary N) is 1. The van der Waals surface area contributed by atoms with Crippen LogP contribution in [0.1, 0.15) is 23.0 Å². The Morgan fingerprint density at radius 2 is 2.00 bits per heavy atom. The summed E-state index contributed by atoms with van der Waals surface area (Å²) < 4.78 is 11.9. The number of benzene rings is 1. The lowest BCUT2D eigenvalue weighted by molar-refractivity contribution is 0.337. The van der Waals surface area contributed by atoms with Gasteiger partial charge in [0.25, 0.3) is 0 Å².